The van der Waals surface area contributed by atoms with Crippen LogP contribution in [-0.4, -0.2) is 34.7 Å². The van der Waals surface area contributed by atoms with Crippen molar-refractivity contribution in [1.82, 2.24) is 20.0 Å². The van der Waals surface area contributed by atoms with Crippen LogP contribution in [0.25, 0.3) is 0 Å². The van der Waals surface area contributed by atoms with Crippen LogP contribution < -0.4 is 5.32 Å². The van der Waals surface area contributed by atoms with Gasteiger partial charge in [0.25, 0.3) is 0 Å². The minimum Gasteiger partial charge on any atom is -0.339 e. The number of halogens is 1. The highest BCUT2D eigenvalue weighted by Gasteiger charge is 2.23. The fourth-order valence-electron chi connectivity index (χ4n) is 1.99. The van der Waals surface area contributed by atoms with Gasteiger partial charge in [-0.2, -0.15) is 5.10 Å². The van der Waals surface area contributed by atoms with Gasteiger partial charge in [0, 0.05) is 30.7 Å². The number of thiophene rings is 1. The minimum atomic E-state index is -0.385. The van der Waals surface area contributed by atoms with Crippen LogP contribution in [-0.2, 0) is 18.4 Å². The summed E-state index contributed by atoms with van der Waals surface area (Å²) < 4.78 is 2.42. The lowest BCUT2D eigenvalue weighted by atomic mass is 10.1. The van der Waals surface area contributed by atoms with Gasteiger partial charge in [-0.15, -0.1) is 11.3 Å². The van der Waals surface area contributed by atoms with Gasteiger partial charge in [0.15, 0.2) is 0 Å². The molecule has 2 heterocycles. The summed E-state index contributed by atoms with van der Waals surface area (Å²) in [5.41, 5.74) is 0.857. The summed E-state index contributed by atoms with van der Waals surface area (Å²) in [7, 11) is 5.39. The Balaban J connectivity index is 2.08. The number of aromatic nitrogens is 2. The Morgan fingerprint density at radius 1 is 1.60 bits per heavy atom. The number of carbonyl (C=O) groups excluding carboxylic acids is 1. The molecule has 1 unspecified atom stereocenters. The Hall–Kier alpha value is -1.37. The largest absolute Gasteiger partial charge is 0.339 e. The van der Waals surface area contributed by atoms with E-state index in [0.29, 0.717) is 6.54 Å². The van der Waals surface area contributed by atoms with E-state index in [2.05, 4.69) is 10.4 Å². The van der Waals surface area contributed by atoms with Gasteiger partial charge in [0.1, 0.15) is 6.04 Å². The lowest BCUT2D eigenvalue weighted by molar-refractivity contribution is -0.132. The Morgan fingerprint density at radius 2 is 2.35 bits per heavy atom. The molecule has 2 aromatic rings. The molecule has 0 aliphatic rings. The Bertz CT molecular complexity index is 595. The molecule has 0 aliphatic heterocycles. The van der Waals surface area contributed by atoms with Gasteiger partial charge in [0.05, 0.1) is 17.1 Å². The average Bonchev–Trinajstić information content (AvgIpc) is 2.99. The van der Waals surface area contributed by atoms with Gasteiger partial charge < -0.3 is 10.2 Å². The summed E-state index contributed by atoms with van der Waals surface area (Å²) in [6.45, 7) is 0.550. The maximum absolute atomic E-state index is 12.5. The number of hydrogen-bond donors (Lipinski definition) is 1. The van der Waals surface area contributed by atoms with Crippen LogP contribution in [0.2, 0.25) is 4.34 Å². The van der Waals surface area contributed by atoms with Crippen molar-refractivity contribution in [1.29, 1.82) is 0 Å². The first-order valence-corrected chi connectivity index (χ1v) is 7.35. The molecule has 2 aromatic heterocycles. The third kappa shape index (κ3) is 3.39. The normalized spacial score (nSPS) is 12.4. The minimum absolute atomic E-state index is 0.00465. The lowest BCUT2D eigenvalue weighted by Crippen LogP contribution is -2.36. The first-order valence-electron chi connectivity index (χ1n) is 6.16. The molecule has 0 saturated carbocycles. The van der Waals surface area contributed by atoms with E-state index < -0.39 is 0 Å². The third-order valence-corrected chi connectivity index (χ3v) is 4.21. The summed E-state index contributed by atoms with van der Waals surface area (Å²) in [6, 6.07) is 3.40. The van der Waals surface area contributed by atoms with Crippen LogP contribution in [0.4, 0.5) is 0 Å². The molecule has 0 bridgehead atoms. The van der Waals surface area contributed by atoms with Crippen LogP contribution in [0.15, 0.2) is 24.5 Å². The van der Waals surface area contributed by atoms with Gasteiger partial charge in [0.2, 0.25) is 5.91 Å². The first kappa shape index (κ1) is 15.0. The molecular formula is C13H17ClN4OS. The molecule has 108 valence electrons. The molecule has 5 nitrogen and oxygen atoms in total. The van der Waals surface area contributed by atoms with Crippen molar-refractivity contribution in [2.45, 2.75) is 12.6 Å². The summed E-state index contributed by atoms with van der Waals surface area (Å²) in [4.78, 5) is 15.2. The van der Waals surface area contributed by atoms with E-state index in [1.165, 1.54) is 11.3 Å². The lowest BCUT2D eigenvalue weighted by Gasteiger charge is -2.22. The summed E-state index contributed by atoms with van der Waals surface area (Å²) >= 11 is 7.39. The molecule has 0 saturated heterocycles. The standard InChI is InChI=1S/C13H17ClN4OS/c1-15-12(9-6-16-18(3)7-9)13(19)17(2)8-10-4-5-11(14)20-10/h4-7,12,15H,8H2,1-3H3. The maximum atomic E-state index is 12.5. The monoisotopic (exact) mass is 312 g/mol. The topological polar surface area (TPSA) is 50.2 Å². The molecule has 2 rings (SSSR count). The van der Waals surface area contributed by atoms with Crippen molar-refractivity contribution in [3.63, 3.8) is 0 Å². The second-order valence-corrected chi connectivity index (χ2v) is 6.37. The molecule has 0 aliphatic carbocycles. The van der Waals surface area contributed by atoms with Crippen LogP contribution in [0.5, 0.6) is 0 Å². The molecule has 1 amide bonds. The number of rotatable bonds is 5. The smallest absolute Gasteiger partial charge is 0.244 e. The van der Waals surface area contributed by atoms with Crippen molar-refractivity contribution in [2.24, 2.45) is 7.05 Å². The van der Waals surface area contributed by atoms with Crippen molar-refractivity contribution >= 4 is 28.8 Å². The second kappa shape index (κ2) is 6.39. The van der Waals surface area contributed by atoms with Crippen molar-refractivity contribution < 1.29 is 4.79 Å². The predicted octanol–water partition coefficient (Wildman–Crippen LogP) is 2.05. The van der Waals surface area contributed by atoms with Gasteiger partial charge in [-0.3, -0.25) is 9.48 Å². The number of carbonyl (C=O) groups is 1. The maximum Gasteiger partial charge on any atom is 0.244 e. The molecule has 0 aromatic carbocycles. The number of hydrogen-bond acceptors (Lipinski definition) is 4. The van der Waals surface area contributed by atoms with Gasteiger partial charge in [-0.05, 0) is 19.2 Å². The van der Waals surface area contributed by atoms with Crippen LogP contribution in [0.3, 0.4) is 0 Å². The second-order valence-electron chi connectivity index (χ2n) is 4.57. The van der Waals surface area contributed by atoms with E-state index in [9.17, 15) is 4.79 Å². The molecule has 1 atom stereocenters. The fourth-order valence-corrected chi connectivity index (χ4v) is 3.13. The molecule has 0 spiro atoms. The average molecular weight is 313 g/mol. The zero-order valence-corrected chi connectivity index (χ0v) is 13.2. The zero-order valence-electron chi connectivity index (χ0n) is 11.6. The van der Waals surface area contributed by atoms with E-state index in [1.54, 1.807) is 29.9 Å². The molecule has 0 radical (unpaired) electrons. The predicted molar refractivity (Wildman–Crippen MR) is 80.8 cm³/mol. The highest BCUT2D eigenvalue weighted by atomic mass is 35.5. The summed E-state index contributed by atoms with van der Waals surface area (Å²) in [5.74, 6) is 0.00465. The SMILES string of the molecule is CNC(C(=O)N(C)Cc1ccc(Cl)s1)c1cnn(C)c1. The number of likely N-dealkylation sites (N-methyl/N-ethyl adjacent to an activating group) is 2. The van der Waals surface area contributed by atoms with E-state index >= 15 is 0 Å². The fraction of sp³-hybridized carbons (Fsp3) is 0.385. The van der Waals surface area contributed by atoms with E-state index in [4.69, 9.17) is 11.6 Å². The van der Waals surface area contributed by atoms with Gasteiger partial charge >= 0.3 is 0 Å². The highest BCUT2D eigenvalue weighted by molar-refractivity contribution is 7.16. The highest BCUT2D eigenvalue weighted by Crippen LogP contribution is 2.23. The summed E-state index contributed by atoms with van der Waals surface area (Å²) in [6.07, 6.45) is 3.55. The van der Waals surface area contributed by atoms with Crippen LogP contribution >= 0.6 is 22.9 Å². The van der Waals surface area contributed by atoms with Crippen molar-refractivity contribution in [2.75, 3.05) is 14.1 Å². The Morgan fingerprint density at radius 3 is 2.85 bits per heavy atom. The number of nitrogens with zero attached hydrogens (tertiary/aromatic N) is 3. The number of nitrogens with one attached hydrogen (secondary N) is 1. The van der Waals surface area contributed by atoms with Gasteiger partial charge in [-0.1, -0.05) is 11.6 Å². The zero-order chi connectivity index (χ0) is 14.7. The van der Waals surface area contributed by atoms with Crippen LogP contribution in [0.1, 0.15) is 16.5 Å². The molecule has 1 N–H and O–H groups in total. The quantitative estimate of drug-likeness (QED) is 0.919. The van der Waals surface area contributed by atoms with E-state index in [1.807, 2.05) is 25.4 Å². The van der Waals surface area contributed by atoms with E-state index in [0.717, 1.165) is 14.8 Å². The summed E-state index contributed by atoms with van der Waals surface area (Å²) in [5, 5.41) is 7.14. The van der Waals surface area contributed by atoms with Crippen molar-refractivity contribution in [3.05, 3.63) is 39.3 Å². The first-order chi connectivity index (χ1) is 9.51. The van der Waals surface area contributed by atoms with Crippen LogP contribution in [0, 0.1) is 0 Å². The molecule has 7 heteroatoms. The van der Waals surface area contributed by atoms with Crippen molar-refractivity contribution in [3.8, 4) is 0 Å². The third-order valence-electron chi connectivity index (χ3n) is 2.99. The Kier molecular flexibility index (Phi) is 4.80. The molecular weight excluding hydrogens is 296 g/mol. The Labute approximate surface area is 127 Å². The number of amides is 1. The molecule has 20 heavy (non-hydrogen) atoms. The van der Waals surface area contributed by atoms with Gasteiger partial charge in [-0.25, -0.2) is 0 Å². The molecule has 0 fully saturated rings. The van der Waals surface area contributed by atoms with E-state index in [-0.39, 0.29) is 11.9 Å². The number of aryl methyl sites for hydroxylation is 1.